The highest BCUT2D eigenvalue weighted by atomic mass is 32.1. The van der Waals surface area contributed by atoms with Crippen molar-refractivity contribution in [1.29, 1.82) is 0 Å². The lowest BCUT2D eigenvalue weighted by molar-refractivity contribution is 0.879. The standard InChI is InChI=1S/C13H13NS/c1-2-5-11-9-15-13-8-10-6-3-4-7-12(10)14(11)13/h3-4,6-9H,2,5H2,1H3. The molecule has 0 saturated carbocycles. The molecule has 0 radical (unpaired) electrons. The van der Waals surface area contributed by atoms with Gasteiger partial charge in [0.1, 0.15) is 4.83 Å². The van der Waals surface area contributed by atoms with E-state index >= 15 is 0 Å². The Morgan fingerprint density at radius 1 is 1.27 bits per heavy atom. The van der Waals surface area contributed by atoms with Crippen LogP contribution < -0.4 is 0 Å². The number of benzene rings is 1. The molecular weight excluding hydrogens is 202 g/mol. The molecule has 76 valence electrons. The minimum Gasteiger partial charge on any atom is -0.304 e. The molecular formula is C13H13NS. The van der Waals surface area contributed by atoms with Gasteiger partial charge in [0, 0.05) is 16.5 Å². The first-order valence-electron chi connectivity index (χ1n) is 5.36. The molecule has 0 atom stereocenters. The summed E-state index contributed by atoms with van der Waals surface area (Å²) >= 11 is 1.84. The Hall–Kier alpha value is -1.28. The Morgan fingerprint density at radius 3 is 3.00 bits per heavy atom. The van der Waals surface area contributed by atoms with Crippen LogP contribution in [0.5, 0.6) is 0 Å². The Bertz CT molecular complexity index is 603. The third-order valence-electron chi connectivity index (χ3n) is 2.79. The third-order valence-corrected chi connectivity index (χ3v) is 3.72. The second kappa shape index (κ2) is 3.38. The van der Waals surface area contributed by atoms with Crippen LogP contribution in [-0.4, -0.2) is 4.40 Å². The molecule has 3 rings (SSSR count). The maximum absolute atomic E-state index is 2.39. The second-order valence-electron chi connectivity index (χ2n) is 3.85. The van der Waals surface area contributed by atoms with E-state index in [0.717, 1.165) is 0 Å². The van der Waals surface area contributed by atoms with E-state index in [-0.39, 0.29) is 0 Å². The lowest BCUT2D eigenvalue weighted by Gasteiger charge is -1.98. The summed E-state index contributed by atoms with van der Waals surface area (Å²) in [6, 6.07) is 10.9. The average Bonchev–Trinajstić information content (AvgIpc) is 2.78. The average molecular weight is 215 g/mol. The summed E-state index contributed by atoms with van der Waals surface area (Å²) in [5.41, 5.74) is 2.79. The van der Waals surface area contributed by atoms with Gasteiger partial charge in [-0.05, 0) is 18.6 Å². The van der Waals surface area contributed by atoms with E-state index in [1.807, 2.05) is 11.3 Å². The molecule has 2 heterocycles. The molecule has 3 aromatic rings. The van der Waals surface area contributed by atoms with Crippen LogP contribution in [0.2, 0.25) is 0 Å². The highest BCUT2D eigenvalue weighted by molar-refractivity contribution is 7.15. The van der Waals surface area contributed by atoms with Crippen molar-refractivity contribution in [3.05, 3.63) is 41.4 Å². The number of nitrogens with zero attached hydrogens (tertiary/aromatic N) is 1. The fourth-order valence-electron chi connectivity index (χ4n) is 2.12. The van der Waals surface area contributed by atoms with Gasteiger partial charge in [-0.2, -0.15) is 0 Å². The highest BCUT2D eigenvalue weighted by Gasteiger charge is 2.07. The molecule has 2 aromatic heterocycles. The Morgan fingerprint density at radius 2 is 2.13 bits per heavy atom. The monoisotopic (exact) mass is 215 g/mol. The minimum absolute atomic E-state index is 1.17. The zero-order valence-corrected chi connectivity index (χ0v) is 9.55. The van der Waals surface area contributed by atoms with Crippen molar-refractivity contribution < 1.29 is 0 Å². The molecule has 15 heavy (non-hydrogen) atoms. The maximum atomic E-state index is 2.39. The fraction of sp³-hybridized carbons (Fsp3) is 0.231. The van der Waals surface area contributed by atoms with E-state index in [0.29, 0.717) is 0 Å². The first-order chi connectivity index (χ1) is 7.40. The SMILES string of the molecule is CCCc1csc2cc3ccccc3n12. The van der Waals surface area contributed by atoms with Gasteiger partial charge in [0.05, 0.1) is 5.52 Å². The second-order valence-corrected chi connectivity index (χ2v) is 4.74. The van der Waals surface area contributed by atoms with Gasteiger partial charge in [0.25, 0.3) is 0 Å². The van der Waals surface area contributed by atoms with Crippen molar-refractivity contribution >= 4 is 27.1 Å². The molecule has 0 unspecified atom stereocenters. The highest BCUT2D eigenvalue weighted by Crippen LogP contribution is 2.27. The molecule has 0 spiro atoms. The van der Waals surface area contributed by atoms with Crippen LogP contribution in [-0.2, 0) is 6.42 Å². The van der Waals surface area contributed by atoms with Gasteiger partial charge in [0.15, 0.2) is 0 Å². The normalized spacial score (nSPS) is 11.5. The fourth-order valence-corrected chi connectivity index (χ4v) is 3.12. The van der Waals surface area contributed by atoms with Crippen molar-refractivity contribution in [2.45, 2.75) is 19.8 Å². The van der Waals surface area contributed by atoms with Crippen LogP contribution in [0.3, 0.4) is 0 Å². The number of hydrogen-bond donors (Lipinski definition) is 0. The molecule has 0 N–H and O–H groups in total. The van der Waals surface area contributed by atoms with E-state index in [1.165, 1.54) is 34.3 Å². The smallest absolute Gasteiger partial charge is 0.100 e. The van der Waals surface area contributed by atoms with E-state index in [1.54, 1.807) is 0 Å². The van der Waals surface area contributed by atoms with Crippen LogP contribution in [0.15, 0.2) is 35.7 Å². The lowest BCUT2D eigenvalue weighted by atomic mass is 10.2. The number of rotatable bonds is 2. The first-order valence-corrected chi connectivity index (χ1v) is 6.24. The van der Waals surface area contributed by atoms with Crippen LogP contribution >= 0.6 is 11.3 Å². The third kappa shape index (κ3) is 1.29. The maximum Gasteiger partial charge on any atom is 0.100 e. The molecule has 1 aromatic carbocycles. The topological polar surface area (TPSA) is 4.41 Å². The van der Waals surface area contributed by atoms with Crippen molar-refractivity contribution in [3.8, 4) is 0 Å². The molecule has 0 saturated heterocycles. The summed E-state index contributed by atoms with van der Waals surface area (Å²) in [5.74, 6) is 0. The van der Waals surface area contributed by atoms with Gasteiger partial charge in [-0.15, -0.1) is 11.3 Å². The molecule has 0 aliphatic rings. The largest absolute Gasteiger partial charge is 0.304 e. The number of aromatic nitrogens is 1. The predicted molar refractivity (Wildman–Crippen MR) is 66.8 cm³/mol. The van der Waals surface area contributed by atoms with Crippen LogP contribution in [0.4, 0.5) is 0 Å². The molecule has 0 aliphatic heterocycles. The van der Waals surface area contributed by atoms with Crippen molar-refractivity contribution in [2.75, 3.05) is 0 Å². The number of hydrogen-bond acceptors (Lipinski definition) is 1. The Kier molecular flexibility index (Phi) is 2.03. The van der Waals surface area contributed by atoms with Gasteiger partial charge >= 0.3 is 0 Å². The van der Waals surface area contributed by atoms with E-state index in [4.69, 9.17) is 0 Å². The Balaban J connectivity index is 2.38. The predicted octanol–water partition coefficient (Wildman–Crippen LogP) is 4.11. The molecule has 0 bridgehead atoms. The summed E-state index contributed by atoms with van der Waals surface area (Å²) in [6.45, 7) is 2.23. The minimum atomic E-state index is 1.17. The molecule has 2 heteroatoms. The van der Waals surface area contributed by atoms with Crippen LogP contribution in [0, 0.1) is 0 Å². The van der Waals surface area contributed by atoms with Gasteiger partial charge in [-0.3, -0.25) is 0 Å². The molecule has 1 nitrogen and oxygen atoms in total. The lowest BCUT2D eigenvalue weighted by Crippen LogP contribution is -1.89. The molecule has 0 fully saturated rings. The van der Waals surface area contributed by atoms with E-state index < -0.39 is 0 Å². The van der Waals surface area contributed by atoms with Gasteiger partial charge in [-0.1, -0.05) is 31.5 Å². The summed E-state index contributed by atoms with van der Waals surface area (Å²) in [6.07, 6.45) is 2.37. The van der Waals surface area contributed by atoms with Gasteiger partial charge in [0.2, 0.25) is 0 Å². The Labute approximate surface area is 93.0 Å². The van der Waals surface area contributed by atoms with Crippen molar-refractivity contribution in [2.24, 2.45) is 0 Å². The number of para-hydroxylation sites is 1. The van der Waals surface area contributed by atoms with Crippen molar-refractivity contribution in [1.82, 2.24) is 4.40 Å². The number of fused-ring (bicyclic) bond motifs is 3. The van der Waals surface area contributed by atoms with Crippen molar-refractivity contribution in [3.63, 3.8) is 0 Å². The van der Waals surface area contributed by atoms with Gasteiger partial charge in [-0.25, -0.2) is 0 Å². The molecule has 0 aliphatic carbocycles. The zero-order chi connectivity index (χ0) is 10.3. The number of thiazole rings is 1. The first kappa shape index (κ1) is 8.98. The van der Waals surface area contributed by atoms with E-state index in [2.05, 4.69) is 47.0 Å². The van der Waals surface area contributed by atoms with E-state index in [9.17, 15) is 0 Å². The summed E-state index contributed by atoms with van der Waals surface area (Å²) in [5, 5.41) is 3.63. The molecule has 0 amide bonds. The summed E-state index contributed by atoms with van der Waals surface area (Å²) in [7, 11) is 0. The number of aryl methyl sites for hydroxylation is 1. The van der Waals surface area contributed by atoms with Crippen LogP contribution in [0.25, 0.3) is 15.7 Å². The quantitative estimate of drug-likeness (QED) is 0.606. The summed E-state index contributed by atoms with van der Waals surface area (Å²) in [4.78, 5) is 1.36. The van der Waals surface area contributed by atoms with Crippen LogP contribution in [0.1, 0.15) is 19.0 Å². The van der Waals surface area contributed by atoms with Gasteiger partial charge < -0.3 is 4.40 Å². The summed E-state index contributed by atoms with van der Waals surface area (Å²) < 4.78 is 2.39. The zero-order valence-electron chi connectivity index (χ0n) is 8.73.